The zero-order valence-electron chi connectivity index (χ0n) is 9.55. The summed E-state index contributed by atoms with van der Waals surface area (Å²) in [5.74, 6) is 0.564. The fourth-order valence-corrected chi connectivity index (χ4v) is 2.67. The molecule has 1 saturated carbocycles. The van der Waals surface area contributed by atoms with Crippen LogP contribution < -0.4 is 0 Å². The van der Waals surface area contributed by atoms with Crippen molar-refractivity contribution in [3.63, 3.8) is 0 Å². The Labute approximate surface area is 86.7 Å². The van der Waals surface area contributed by atoms with Gasteiger partial charge >= 0.3 is 5.97 Å². The van der Waals surface area contributed by atoms with Crippen LogP contribution in [-0.4, -0.2) is 11.1 Å². The van der Waals surface area contributed by atoms with Crippen molar-refractivity contribution in [1.82, 2.24) is 0 Å². The largest absolute Gasteiger partial charge is 0.481 e. The molecule has 0 saturated heterocycles. The average Bonchev–Trinajstić information content (AvgIpc) is 2.48. The molecule has 0 aromatic heterocycles. The van der Waals surface area contributed by atoms with Crippen LogP contribution >= 0.6 is 0 Å². The van der Waals surface area contributed by atoms with Crippen molar-refractivity contribution in [2.45, 2.75) is 52.9 Å². The van der Waals surface area contributed by atoms with E-state index in [1.54, 1.807) is 0 Å². The Morgan fingerprint density at radius 1 is 1.64 bits per heavy atom. The third-order valence-corrected chi connectivity index (χ3v) is 3.74. The first-order chi connectivity index (χ1) is 6.50. The Bertz CT molecular complexity index is 212. The van der Waals surface area contributed by atoms with Gasteiger partial charge in [-0.1, -0.05) is 27.2 Å². The maximum atomic E-state index is 11.3. The third-order valence-electron chi connectivity index (χ3n) is 3.74. The predicted molar refractivity (Wildman–Crippen MR) is 57.2 cm³/mol. The van der Waals surface area contributed by atoms with Gasteiger partial charge in [0.05, 0.1) is 5.41 Å². The van der Waals surface area contributed by atoms with E-state index in [0.29, 0.717) is 11.8 Å². The van der Waals surface area contributed by atoms with Gasteiger partial charge in [-0.15, -0.1) is 0 Å². The number of aliphatic carboxylic acids is 1. The van der Waals surface area contributed by atoms with Gasteiger partial charge in [-0.2, -0.15) is 0 Å². The molecule has 2 heteroatoms. The normalized spacial score (nSPS) is 34.4. The van der Waals surface area contributed by atoms with Crippen molar-refractivity contribution in [1.29, 1.82) is 0 Å². The zero-order chi connectivity index (χ0) is 10.8. The van der Waals surface area contributed by atoms with Crippen LogP contribution in [0.25, 0.3) is 0 Å². The van der Waals surface area contributed by atoms with E-state index in [2.05, 4.69) is 20.8 Å². The highest BCUT2D eigenvalue weighted by molar-refractivity contribution is 5.75. The summed E-state index contributed by atoms with van der Waals surface area (Å²) in [6.45, 7) is 6.47. The molecule has 1 fully saturated rings. The second-order valence-electron chi connectivity index (χ2n) is 5.15. The van der Waals surface area contributed by atoms with Crippen LogP contribution in [0.2, 0.25) is 0 Å². The van der Waals surface area contributed by atoms with Crippen LogP contribution in [0.4, 0.5) is 0 Å². The second kappa shape index (κ2) is 4.33. The van der Waals surface area contributed by atoms with E-state index in [0.717, 1.165) is 32.1 Å². The van der Waals surface area contributed by atoms with Gasteiger partial charge in [-0.3, -0.25) is 4.79 Å². The summed E-state index contributed by atoms with van der Waals surface area (Å²) in [7, 11) is 0. The molecular formula is C12H22O2. The van der Waals surface area contributed by atoms with Gasteiger partial charge in [0.15, 0.2) is 0 Å². The van der Waals surface area contributed by atoms with E-state index >= 15 is 0 Å². The average molecular weight is 198 g/mol. The van der Waals surface area contributed by atoms with Gasteiger partial charge in [0.2, 0.25) is 0 Å². The van der Waals surface area contributed by atoms with E-state index in [-0.39, 0.29) is 0 Å². The summed E-state index contributed by atoms with van der Waals surface area (Å²) < 4.78 is 0. The van der Waals surface area contributed by atoms with Crippen LogP contribution in [0, 0.1) is 17.3 Å². The Morgan fingerprint density at radius 2 is 2.29 bits per heavy atom. The SMILES string of the molecule is CCC(C)CC1(C(=O)O)CCC(C)C1. The lowest BCUT2D eigenvalue weighted by Crippen LogP contribution is -2.30. The first-order valence-corrected chi connectivity index (χ1v) is 5.73. The van der Waals surface area contributed by atoms with Crippen LogP contribution in [0.1, 0.15) is 52.9 Å². The minimum Gasteiger partial charge on any atom is -0.481 e. The number of hydrogen-bond donors (Lipinski definition) is 1. The topological polar surface area (TPSA) is 37.3 Å². The second-order valence-corrected chi connectivity index (χ2v) is 5.15. The lowest BCUT2D eigenvalue weighted by atomic mass is 9.77. The van der Waals surface area contributed by atoms with Crippen LogP contribution in [0.3, 0.4) is 0 Å². The molecule has 1 aliphatic rings. The maximum Gasteiger partial charge on any atom is 0.309 e. The Balaban J connectivity index is 2.68. The molecule has 0 aromatic rings. The molecule has 3 unspecified atom stereocenters. The molecule has 2 nitrogen and oxygen atoms in total. The molecule has 0 bridgehead atoms. The van der Waals surface area contributed by atoms with E-state index in [1.165, 1.54) is 0 Å². The summed E-state index contributed by atoms with van der Waals surface area (Å²) in [4.78, 5) is 11.3. The molecule has 1 aliphatic carbocycles. The lowest BCUT2D eigenvalue weighted by molar-refractivity contribution is -0.150. The molecule has 82 valence electrons. The first kappa shape index (κ1) is 11.5. The number of carboxylic acid groups (broad SMARTS) is 1. The number of carboxylic acids is 1. The summed E-state index contributed by atoms with van der Waals surface area (Å²) in [5, 5.41) is 9.33. The molecule has 14 heavy (non-hydrogen) atoms. The zero-order valence-corrected chi connectivity index (χ0v) is 9.55. The van der Waals surface area contributed by atoms with Gasteiger partial charge in [0.1, 0.15) is 0 Å². The van der Waals surface area contributed by atoms with Crippen LogP contribution in [0.5, 0.6) is 0 Å². The molecule has 0 amide bonds. The van der Waals surface area contributed by atoms with Gasteiger partial charge < -0.3 is 5.11 Å². The van der Waals surface area contributed by atoms with Crippen molar-refractivity contribution >= 4 is 5.97 Å². The van der Waals surface area contributed by atoms with Crippen LogP contribution in [-0.2, 0) is 4.79 Å². The number of carbonyl (C=O) groups is 1. The fraction of sp³-hybridized carbons (Fsp3) is 0.917. The minimum atomic E-state index is -0.567. The maximum absolute atomic E-state index is 11.3. The van der Waals surface area contributed by atoms with E-state index in [1.807, 2.05) is 0 Å². The van der Waals surface area contributed by atoms with Crippen LogP contribution in [0.15, 0.2) is 0 Å². The third kappa shape index (κ3) is 2.28. The molecule has 0 spiro atoms. The smallest absolute Gasteiger partial charge is 0.309 e. The molecule has 0 aromatic carbocycles. The van der Waals surface area contributed by atoms with Crippen molar-refractivity contribution < 1.29 is 9.90 Å². The summed E-state index contributed by atoms with van der Waals surface area (Å²) in [6.07, 6.45) is 4.80. The Morgan fingerprint density at radius 3 is 2.64 bits per heavy atom. The quantitative estimate of drug-likeness (QED) is 0.752. The highest BCUT2D eigenvalue weighted by Gasteiger charge is 2.44. The van der Waals surface area contributed by atoms with Gasteiger partial charge in [-0.05, 0) is 37.5 Å². The summed E-state index contributed by atoms with van der Waals surface area (Å²) in [5.41, 5.74) is -0.394. The fourth-order valence-electron chi connectivity index (χ4n) is 2.67. The highest BCUT2D eigenvalue weighted by Crippen LogP contribution is 2.46. The van der Waals surface area contributed by atoms with Gasteiger partial charge in [0.25, 0.3) is 0 Å². The molecule has 3 atom stereocenters. The molecule has 0 heterocycles. The number of hydrogen-bond acceptors (Lipinski definition) is 1. The molecule has 0 radical (unpaired) electrons. The van der Waals surface area contributed by atoms with Crippen molar-refractivity contribution in [2.24, 2.45) is 17.3 Å². The summed E-state index contributed by atoms with van der Waals surface area (Å²) >= 11 is 0. The Hall–Kier alpha value is -0.530. The van der Waals surface area contributed by atoms with Gasteiger partial charge in [0, 0.05) is 0 Å². The van der Waals surface area contributed by atoms with E-state index in [4.69, 9.17) is 0 Å². The molecule has 1 rings (SSSR count). The van der Waals surface area contributed by atoms with Crippen molar-refractivity contribution in [3.05, 3.63) is 0 Å². The van der Waals surface area contributed by atoms with E-state index in [9.17, 15) is 9.90 Å². The molecule has 0 aliphatic heterocycles. The lowest BCUT2D eigenvalue weighted by Gasteiger charge is -2.27. The monoisotopic (exact) mass is 198 g/mol. The predicted octanol–water partition coefficient (Wildman–Crippen LogP) is 3.31. The molecule has 1 N–H and O–H groups in total. The van der Waals surface area contributed by atoms with Crippen molar-refractivity contribution in [2.75, 3.05) is 0 Å². The van der Waals surface area contributed by atoms with Crippen molar-refractivity contribution in [3.8, 4) is 0 Å². The first-order valence-electron chi connectivity index (χ1n) is 5.73. The highest BCUT2D eigenvalue weighted by atomic mass is 16.4. The molecular weight excluding hydrogens is 176 g/mol. The van der Waals surface area contributed by atoms with Gasteiger partial charge in [-0.25, -0.2) is 0 Å². The minimum absolute atomic E-state index is 0.394. The summed E-state index contributed by atoms with van der Waals surface area (Å²) in [6, 6.07) is 0. The van der Waals surface area contributed by atoms with E-state index < -0.39 is 11.4 Å². The Kier molecular flexibility index (Phi) is 3.57. The standard InChI is InChI=1S/C12H22O2/c1-4-9(2)7-12(11(13)14)6-5-10(3)8-12/h9-10H,4-8H2,1-3H3,(H,13,14). The number of rotatable bonds is 4.